The Morgan fingerprint density at radius 1 is 1.11 bits per heavy atom. The van der Waals surface area contributed by atoms with Gasteiger partial charge in [0, 0.05) is 38.8 Å². The van der Waals surface area contributed by atoms with Gasteiger partial charge in [0.1, 0.15) is 0 Å². The minimum absolute atomic E-state index is 0.744. The number of hydrogen-bond donors (Lipinski definition) is 1. The average Bonchev–Trinajstić information content (AvgIpc) is 2.34. The van der Waals surface area contributed by atoms with Crippen molar-refractivity contribution < 1.29 is 0 Å². The van der Waals surface area contributed by atoms with Gasteiger partial charge in [0.2, 0.25) is 0 Å². The lowest BCUT2D eigenvalue weighted by Crippen LogP contribution is -2.49. The first-order valence-electron chi connectivity index (χ1n) is 7.40. The summed E-state index contributed by atoms with van der Waals surface area (Å²) < 4.78 is 0. The fraction of sp³-hybridized carbons (Fsp3) is 0.867. The summed E-state index contributed by atoms with van der Waals surface area (Å²) in [6, 6.07) is 0.744. The molecule has 0 spiro atoms. The van der Waals surface area contributed by atoms with Crippen LogP contribution in [0.4, 0.5) is 0 Å². The average molecular weight is 253 g/mol. The third kappa shape index (κ3) is 5.87. The smallest absolute Gasteiger partial charge is 0.0156 e. The molecule has 0 aromatic heterocycles. The monoisotopic (exact) mass is 253 g/mol. The number of nitrogens with one attached hydrogen (secondary N) is 1. The molecule has 0 saturated carbocycles. The van der Waals surface area contributed by atoms with Crippen LogP contribution in [0.3, 0.4) is 0 Å². The number of piperazine rings is 1. The van der Waals surface area contributed by atoms with E-state index in [-0.39, 0.29) is 0 Å². The van der Waals surface area contributed by atoms with Crippen molar-refractivity contribution >= 4 is 0 Å². The molecule has 1 unspecified atom stereocenters. The zero-order valence-corrected chi connectivity index (χ0v) is 12.5. The third-order valence-electron chi connectivity index (χ3n) is 3.90. The van der Waals surface area contributed by atoms with Crippen LogP contribution in [0.2, 0.25) is 0 Å². The van der Waals surface area contributed by atoms with E-state index in [1.54, 1.807) is 0 Å². The van der Waals surface area contributed by atoms with E-state index in [0.29, 0.717) is 0 Å². The number of rotatable bonds is 8. The molecule has 1 saturated heterocycles. The number of likely N-dealkylation sites (N-methyl/N-ethyl adjacent to an activating group) is 1. The minimum Gasteiger partial charge on any atom is -0.391 e. The SMILES string of the molecule is C=CNCCC(CCC(C)C)N1CCN(C)CC1. The van der Waals surface area contributed by atoms with Gasteiger partial charge >= 0.3 is 0 Å². The third-order valence-corrected chi connectivity index (χ3v) is 3.90. The molecule has 0 aromatic rings. The molecule has 3 heteroatoms. The van der Waals surface area contributed by atoms with E-state index in [1.165, 1.54) is 45.4 Å². The van der Waals surface area contributed by atoms with Crippen molar-refractivity contribution in [1.82, 2.24) is 15.1 Å². The Bertz CT molecular complexity index is 220. The van der Waals surface area contributed by atoms with Gasteiger partial charge in [0.15, 0.2) is 0 Å². The summed E-state index contributed by atoms with van der Waals surface area (Å²) in [5.41, 5.74) is 0. The van der Waals surface area contributed by atoms with Crippen LogP contribution in [-0.4, -0.2) is 55.6 Å². The summed E-state index contributed by atoms with van der Waals surface area (Å²) in [6.07, 6.45) is 5.72. The lowest BCUT2D eigenvalue weighted by atomic mass is 9.99. The van der Waals surface area contributed by atoms with Crippen molar-refractivity contribution in [3.8, 4) is 0 Å². The second-order valence-corrected chi connectivity index (χ2v) is 5.91. The largest absolute Gasteiger partial charge is 0.391 e. The first-order chi connectivity index (χ1) is 8.63. The molecule has 1 atom stereocenters. The molecule has 106 valence electrons. The molecule has 0 aliphatic carbocycles. The van der Waals surface area contributed by atoms with Crippen LogP contribution in [0, 0.1) is 5.92 Å². The quantitative estimate of drug-likeness (QED) is 0.669. The predicted molar refractivity (Wildman–Crippen MR) is 79.7 cm³/mol. The van der Waals surface area contributed by atoms with Gasteiger partial charge in [0.25, 0.3) is 0 Å². The second kappa shape index (κ2) is 8.54. The maximum Gasteiger partial charge on any atom is 0.0156 e. The lowest BCUT2D eigenvalue weighted by molar-refractivity contribution is 0.0994. The lowest BCUT2D eigenvalue weighted by Gasteiger charge is -2.38. The molecule has 1 rings (SSSR count). The van der Waals surface area contributed by atoms with Gasteiger partial charge in [0.05, 0.1) is 0 Å². The maximum absolute atomic E-state index is 3.72. The van der Waals surface area contributed by atoms with Crippen LogP contribution in [0.5, 0.6) is 0 Å². The summed E-state index contributed by atoms with van der Waals surface area (Å²) in [6.45, 7) is 14.3. The summed E-state index contributed by atoms with van der Waals surface area (Å²) in [4.78, 5) is 5.12. The number of hydrogen-bond acceptors (Lipinski definition) is 3. The normalized spacial score (nSPS) is 20.0. The molecule has 1 N–H and O–H groups in total. The van der Waals surface area contributed by atoms with Gasteiger partial charge < -0.3 is 10.2 Å². The van der Waals surface area contributed by atoms with Gasteiger partial charge in [-0.3, -0.25) is 4.90 Å². The van der Waals surface area contributed by atoms with E-state index in [4.69, 9.17) is 0 Å². The fourth-order valence-corrected chi connectivity index (χ4v) is 2.57. The van der Waals surface area contributed by atoms with Crippen molar-refractivity contribution in [2.45, 2.75) is 39.2 Å². The topological polar surface area (TPSA) is 18.5 Å². The number of nitrogens with zero attached hydrogens (tertiary/aromatic N) is 2. The standard InChI is InChI=1S/C15H31N3/c1-5-16-9-8-15(7-6-14(2)3)18-12-10-17(4)11-13-18/h5,14-16H,1,6-13H2,2-4H3. The van der Waals surface area contributed by atoms with Crippen LogP contribution in [0.1, 0.15) is 33.1 Å². The maximum atomic E-state index is 3.72. The summed E-state index contributed by atoms with van der Waals surface area (Å²) in [5, 5.41) is 3.24. The van der Waals surface area contributed by atoms with Crippen molar-refractivity contribution in [2.24, 2.45) is 5.92 Å². The van der Waals surface area contributed by atoms with Crippen LogP contribution in [0.15, 0.2) is 12.8 Å². The Morgan fingerprint density at radius 2 is 1.78 bits per heavy atom. The molecule has 0 aromatic carbocycles. The van der Waals surface area contributed by atoms with Gasteiger partial charge in [-0.15, -0.1) is 0 Å². The second-order valence-electron chi connectivity index (χ2n) is 5.91. The highest BCUT2D eigenvalue weighted by atomic mass is 15.3. The van der Waals surface area contributed by atoms with E-state index < -0.39 is 0 Å². The van der Waals surface area contributed by atoms with Crippen molar-refractivity contribution in [2.75, 3.05) is 39.8 Å². The van der Waals surface area contributed by atoms with E-state index in [9.17, 15) is 0 Å². The van der Waals surface area contributed by atoms with Crippen molar-refractivity contribution in [3.05, 3.63) is 12.8 Å². The van der Waals surface area contributed by atoms with E-state index in [2.05, 4.69) is 42.6 Å². The summed E-state index contributed by atoms with van der Waals surface area (Å²) in [5.74, 6) is 0.812. The van der Waals surface area contributed by atoms with Crippen molar-refractivity contribution in [3.63, 3.8) is 0 Å². The summed E-state index contributed by atoms with van der Waals surface area (Å²) >= 11 is 0. The Kier molecular flexibility index (Phi) is 7.36. The van der Waals surface area contributed by atoms with E-state index in [1.807, 2.05) is 6.20 Å². The fourth-order valence-electron chi connectivity index (χ4n) is 2.57. The van der Waals surface area contributed by atoms with E-state index in [0.717, 1.165) is 18.5 Å². The Balaban J connectivity index is 2.39. The molecule has 1 aliphatic rings. The molecule has 3 nitrogen and oxygen atoms in total. The first kappa shape index (κ1) is 15.5. The molecular weight excluding hydrogens is 222 g/mol. The Labute approximate surface area is 113 Å². The van der Waals surface area contributed by atoms with Gasteiger partial charge in [-0.05, 0) is 38.4 Å². The van der Waals surface area contributed by atoms with E-state index >= 15 is 0 Å². The van der Waals surface area contributed by atoms with Crippen LogP contribution in [-0.2, 0) is 0 Å². The molecule has 1 aliphatic heterocycles. The highest BCUT2D eigenvalue weighted by Gasteiger charge is 2.21. The highest BCUT2D eigenvalue weighted by molar-refractivity contribution is 4.79. The Morgan fingerprint density at radius 3 is 2.33 bits per heavy atom. The molecular formula is C15H31N3. The zero-order chi connectivity index (χ0) is 13.4. The van der Waals surface area contributed by atoms with Crippen molar-refractivity contribution in [1.29, 1.82) is 0 Å². The Hall–Kier alpha value is -0.540. The zero-order valence-electron chi connectivity index (χ0n) is 12.5. The predicted octanol–water partition coefficient (Wildman–Crippen LogP) is 2.16. The molecule has 0 amide bonds. The van der Waals surface area contributed by atoms with Crippen LogP contribution in [0.25, 0.3) is 0 Å². The van der Waals surface area contributed by atoms with Gasteiger partial charge in [-0.25, -0.2) is 0 Å². The van der Waals surface area contributed by atoms with Gasteiger partial charge in [-0.1, -0.05) is 20.4 Å². The summed E-state index contributed by atoms with van der Waals surface area (Å²) in [7, 11) is 2.22. The van der Waals surface area contributed by atoms with Gasteiger partial charge in [-0.2, -0.15) is 0 Å². The molecule has 0 radical (unpaired) electrons. The molecule has 18 heavy (non-hydrogen) atoms. The molecule has 1 heterocycles. The molecule has 0 bridgehead atoms. The highest BCUT2D eigenvalue weighted by Crippen LogP contribution is 2.16. The molecule has 1 fully saturated rings. The van der Waals surface area contributed by atoms with Crippen LogP contribution >= 0.6 is 0 Å². The minimum atomic E-state index is 0.744. The first-order valence-corrected chi connectivity index (χ1v) is 7.40. The van der Waals surface area contributed by atoms with Crippen LogP contribution < -0.4 is 5.32 Å².